The van der Waals surface area contributed by atoms with Gasteiger partial charge in [-0.05, 0) is 47.5 Å². The van der Waals surface area contributed by atoms with Crippen molar-refractivity contribution in [3.63, 3.8) is 0 Å². The van der Waals surface area contributed by atoms with Gasteiger partial charge in [0.25, 0.3) is 5.91 Å². The van der Waals surface area contributed by atoms with Crippen LogP contribution in [0.15, 0.2) is 78.9 Å². The van der Waals surface area contributed by atoms with Gasteiger partial charge in [-0.25, -0.2) is 0 Å². The molecule has 0 unspecified atom stereocenters. The maximum Gasteiger partial charge on any atom is 0.416 e. The summed E-state index contributed by atoms with van der Waals surface area (Å²) in [6, 6.07) is 22.3. The molecule has 1 fully saturated rings. The Balaban J connectivity index is 1.26. The molecule has 3 aromatic rings. The summed E-state index contributed by atoms with van der Waals surface area (Å²) in [5.74, 6) is -0.351. The van der Waals surface area contributed by atoms with Crippen LogP contribution in [0.4, 0.5) is 18.9 Å². The SMILES string of the molecule is O=C(Nc1ccc(C(F)(F)F)cc1)c1ccc(CN2CCN(Cc3ccccc3)CC2)cc1. The number of hydrogen-bond donors (Lipinski definition) is 1. The quantitative estimate of drug-likeness (QED) is 0.552. The lowest BCUT2D eigenvalue weighted by atomic mass is 10.1. The van der Waals surface area contributed by atoms with Gasteiger partial charge in [0.05, 0.1) is 5.56 Å². The molecule has 1 aliphatic heterocycles. The second kappa shape index (κ2) is 10.2. The molecule has 0 bridgehead atoms. The number of amides is 1. The number of rotatable bonds is 6. The highest BCUT2D eigenvalue weighted by Crippen LogP contribution is 2.29. The molecule has 0 spiro atoms. The van der Waals surface area contributed by atoms with Crippen LogP contribution in [0.1, 0.15) is 27.0 Å². The molecule has 0 atom stereocenters. The van der Waals surface area contributed by atoms with Gasteiger partial charge in [-0.3, -0.25) is 14.6 Å². The fourth-order valence-electron chi connectivity index (χ4n) is 3.91. The highest BCUT2D eigenvalue weighted by molar-refractivity contribution is 6.04. The molecular formula is C26H26F3N3O. The van der Waals surface area contributed by atoms with E-state index in [2.05, 4.69) is 39.4 Å². The number of anilines is 1. The average Bonchev–Trinajstić information content (AvgIpc) is 2.81. The molecule has 0 radical (unpaired) electrons. The standard InChI is InChI=1S/C26H26F3N3O/c27-26(28,29)23-10-12-24(13-11-23)30-25(33)22-8-6-21(7-9-22)19-32-16-14-31(15-17-32)18-20-4-2-1-3-5-20/h1-13H,14-19H2,(H,30,33). The van der Waals surface area contributed by atoms with Crippen molar-refractivity contribution in [1.29, 1.82) is 0 Å². The van der Waals surface area contributed by atoms with E-state index in [1.165, 1.54) is 17.7 Å². The predicted octanol–water partition coefficient (Wildman–Crippen LogP) is 5.28. The number of carbonyl (C=O) groups excluding carboxylic acids is 1. The first-order chi connectivity index (χ1) is 15.9. The van der Waals surface area contributed by atoms with Crippen molar-refractivity contribution in [2.45, 2.75) is 19.3 Å². The lowest BCUT2D eigenvalue weighted by Crippen LogP contribution is -2.45. The minimum absolute atomic E-state index is 0.324. The molecule has 0 aliphatic carbocycles. The summed E-state index contributed by atoms with van der Waals surface area (Å²) in [4.78, 5) is 17.3. The molecule has 33 heavy (non-hydrogen) atoms. The van der Waals surface area contributed by atoms with Gasteiger partial charge in [-0.1, -0.05) is 42.5 Å². The van der Waals surface area contributed by atoms with Crippen LogP contribution in [0.3, 0.4) is 0 Å². The van der Waals surface area contributed by atoms with Crippen LogP contribution in [0.25, 0.3) is 0 Å². The fourth-order valence-corrected chi connectivity index (χ4v) is 3.91. The summed E-state index contributed by atoms with van der Waals surface area (Å²) in [6.07, 6.45) is -4.40. The van der Waals surface area contributed by atoms with E-state index in [1.54, 1.807) is 12.1 Å². The third kappa shape index (κ3) is 6.43. The highest BCUT2D eigenvalue weighted by atomic mass is 19.4. The molecule has 1 saturated heterocycles. The van der Waals surface area contributed by atoms with E-state index in [-0.39, 0.29) is 5.91 Å². The Bertz CT molecular complexity index is 1040. The van der Waals surface area contributed by atoms with E-state index < -0.39 is 11.7 Å². The first-order valence-corrected chi connectivity index (χ1v) is 10.9. The molecule has 4 rings (SSSR count). The van der Waals surface area contributed by atoms with Gasteiger partial charge in [-0.15, -0.1) is 0 Å². The normalized spacial score (nSPS) is 15.4. The van der Waals surface area contributed by atoms with Gasteiger partial charge in [0.15, 0.2) is 0 Å². The number of benzene rings is 3. The molecule has 0 saturated carbocycles. The van der Waals surface area contributed by atoms with Crippen molar-refractivity contribution in [2.75, 3.05) is 31.5 Å². The minimum Gasteiger partial charge on any atom is -0.322 e. The van der Waals surface area contributed by atoms with Gasteiger partial charge in [-0.2, -0.15) is 13.2 Å². The Labute approximate surface area is 191 Å². The lowest BCUT2D eigenvalue weighted by Gasteiger charge is -2.34. The van der Waals surface area contributed by atoms with Gasteiger partial charge < -0.3 is 5.32 Å². The second-order valence-electron chi connectivity index (χ2n) is 8.26. The number of carbonyl (C=O) groups is 1. The van der Waals surface area contributed by atoms with Crippen LogP contribution in [0.2, 0.25) is 0 Å². The second-order valence-corrected chi connectivity index (χ2v) is 8.26. The predicted molar refractivity (Wildman–Crippen MR) is 123 cm³/mol. The van der Waals surface area contributed by atoms with Crippen LogP contribution in [-0.2, 0) is 19.3 Å². The first-order valence-electron chi connectivity index (χ1n) is 10.9. The van der Waals surface area contributed by atoms with Gasteiger partial charge in [0.1, 0.15) is 0 Å². The molecule has 1 N–H and O–H groups in total. The largest absolute Gasteiger partial charge is 0.416 e. The Hall–Kier alpha value is -3.16. The minimum atomic E-state index is -4.40. The summed E-state index contributed by atoms with van der Waals surface area (Å²) >= 11 is 0. The van der Waals surface area contributed by atoms with Crippen molar-refractivity contribution in [1.82, 2.24) is 9.80 Å². The Morgan fingerprint density at radius 2 is 1.24 bits per heavy atom. The maximum atomic E-state index is 12.7. The summed E-state index contributed by atoms with van der Waals surface area (Å²) in [5, 5.41) is 2.64. The van der Waals surface area contributed by atoms with E-state index in [0.29, 0.717) is 11.3 Å². The Morgan fingerprint density at radius 1 is 0.727 bits per heavy atom. The van der Waals surface area contributed by atoms with Crippen LogP contribution < -0.4 is 5.32 Å². The smallest absolute Gasteiger partial charge is 0.322 e. The van der Waals surface area contributed by atoms with Crippen molar-refractivity contribution >= 4 is 11.6 Å². The molecule has 3 aromatic carbocycles. The highest BCUT2D eigenvalue weighted by Gasteiger charge is 2.30. The molecule has 4 nitrogen and oxygen atoms in total. The van der Waals surface area contributed by atoms with Crippen LogP contribution >= 0.6 is 0 Å². The topological polar surface area (TPSA) is 35.6 Å². The molecule has 0 aromatic heterocycles. The lowest BCUT2D eigenvalue weighted by molar-refractivity contribution is -0.137. The zero-order valence-electron chi connectivity index (χ0n) is 18.2. The van der Waals surface area contributed by atoms with Gasteiger partial charge in [0.2, 0.25) is 0 Å². The number of hydrogen-bond acceptors (Lipinski definition) is 3. The maximum absolute atomic E-state index is 12.7. The van der Waals surface area contributed by atoms with Crippen LogP contribution in [-0.4, -0.2) is 41.9 Å². The summed E-state index contributed by atoms with van der Waals surface area (Å²) < 4.78 is 38.0. The molecule has 1 amide bonds. The third-order valence-corrected chi connectivity index (χ3v) is 5.81. The number of halogens is 3. The fraction of sp³-hybridized carbons (Fsp3) is 0.269. The number of piperazine rings is 1. The molecule has 1 aliphatic rings. The van der Waals surface area contributed by atoms with E-state index in [1.807, 2.05) is 18.2 Å². The van der Waals surface area contributed by atoms with Crippen molar-refractivity contribution in [3.05, 3.63) is 101 Å². The monoisotopic (exact) mass is 453 g/mol. The molecule has 1 heterocycles. The summed E-state index contributed by atoms with van der Waals surface area (Å²) in [5.41, 5.74) is 2.50. The Morgan fingerprint density at radius 3 is 1.76 bits per heavy atom. The van der Waals surface area contributed by atoms with Crippen LogP contribution in [0, 0.1) is 0 Å². The van der Waals surface area contributed by atoms with Crippen molar-refractivity contribution in [2.24, 2.45) is 0 Å². The van der Waals surface area contributed by atoms with E-state index >= 15 is 0 Å². The summed E-state index contributed by atoms with van der Waals surface area (Å²) in [6.45, 7) is 5.80. The molecular weight excluding hydrogens is 427 g/mol. The van der Waals surface area contributed by atoms with E-state index in [0.717, 1.165) is 57.0 Å². The third-order valence-electron chi connectivity index (χ3n) is 5.81. The Kier molecular flexibility index (Phi) is 7.11. The van der Waals surface area contributed by atoms with Crippen LogP contribution in [0.5, 0.6) is 0 Å². The van der Waals surface area contributed by atoms with Crippen molar-refractivity contribution < 1.29 is 18.0 Å². The van der Waals surface area contributed by atoms with Gasteiger partial charge >= 0.3 is 6.18 Å². The van der Waals surface area contributed by atoms with Gasteiger partial charge in [0, 0.05) is 50.5 Å². The molecule has 7 heteroatoms. The first kappa shape index (κ1) is 23.0. The van der Waals surface area contributed by atoms with E-state index in [4.69, 9.17) is 0 Å². The average molecular weight is 454 g/mol. The zero-order chi connectivity index (χ0) is 23.3. The number of nitrogens with one attached hydrogen (secondary N) is 1. The van der Waals surface area contributed by atoms with E-state index in [9.17, 15) is 18.0 Å². The number of alkyl halides is 3. The number of nitrogens with zero attached hydrogens (tertiary/aromatic N) is 2. The zero-order valence-corrected chi connectivity index (χ0v) is 18.2. The molecule has 172 valence electrons. The summed E-state index contributed by atoms with van der Waals surface area (Å²) in [7, 11) is 0. The van der Waals surface area contributed by atoms with Crippen molar-refractivity contribution in [3.8, 4) is 0 Å².